The van der Waals surface area contributed by atoms with Crippen LogP contribution in [0, 0.1) is 11.8 Å². The Morgan fingerprint density at radius 2 is 2.04 bits per heavy atom. The van der Waals surface area contributed by atoms with E-state index in [4.69, 9.17) is 4.42 Å². The Kier molecular flexibility index (Phi) is 3.41. The average molecular weight is 310 g/mol. The van der Waals surface area contributed by atoms with Crippen LogP contribution in [-0.4, -0.2) is 18.4 Å². The van der Waals surface area contributed by atoms with Crippen molar-refractivity contribution in [1.29, 1.82) is 0 Å². The molecule has 2 heterocycles. The van der Waals surface area contributed by atoms with Crippen LogP contribution in [0.15, 0.2) is 47.1 Å². The molecule has 1 saturated carbocycles. The third-order valence-corrected chi connectivity index (χ3v) is 4.61. The molecule has 5 nitrogen and oxygen atoms in total. The first kappa shape index (κ1) is 14.1. The second-order valence-corrected chi connectivity index (χ2v) is 6.11. The predicted molar refractivity (Wildman–Crippen MR) is 84.7 cm³/mol. The van der Waals surface area contributed by atoms with Gasteiger partial charge in [-0.2, -0.15) is 0 Å². The minimum Gasteiger partial charge on any atom is -0.467 e. The summed E-state index contributed by atoms with van der Waals surface area (Å²) in [7, 11) is 0. The van der Waals surface area contributed by atoms with Crippen molar-refractivity contribution in [2.24, 2.45) is 11.8 Å². The number of hydrogen-bond donors (Lipinski definition) is 1. The number of anilines is 1. The Morgan fingerprint density at radius 1 is 1.17 bits per heavy atom. The Hall–Kier alpha value is -2.56. The highest BCUT2D eigenvalue weighted by Crippen LogP contribution is 2.42. The van der Waals surface area contributed by atoms with Crippen LogP contribution in [0.4, 0.5) is 5.69 Å². The molecule has 4 rings (SSSR count). The van der Waals surface area contributed by atoms with Crippen LogP contribution in [0.1, 0.15) is 17.7 Å². The Balaban J connectivity index is 1.36. The maximum absolute atomic E-state index is 12.6. The van der Waals surface area contributed by atoms with Gasteiger partial charge < -0.3 is 14.6 Å². The number of fused-ring (bicyclic) bond motifs is 1. The van der Waals surface area contributed by atoms with Crippen LogP contribution in [-0.2, 0) is 22.6 Å². The molecule has 1 aromatic carbocycles. The number of carbonyl (C=O) groups is 2. The maximum Gasteiger partial charge on any atom is 0.230 e. The molecular weight excluding hydrogens is 292 g/mol. The molecule has 2 unspecified atom stereocenters. The lowest BCUT2D eigenvalue weighted by atomic mass is 10.2. The van der Waals surface area contributed by atoms with Crippen molar-refractivity contribution in [1.82, 2.24) is 5.32 Å². The van der Waals surface area contributed by atoms with Gasteiger partial charge in [0.1, 0.15) is 5.76 Å². The zero-order valence-corrected chi connectivity index (χ0v) is 12.7. The molecule has 5 heteroatoms. The fraction of sp³-hybridized carbons (Fsp3) is 0.333. The summed E-state index contributed by atoms with van der Waals surface area (Å²) in [6, 6.07) is 11.6. The highest BCUT2D eigenvalue weighted by Gasteiger charge is 2.50. The molecule has 1 N–H and O–H groups in total. The van der Waals surface area contributed by atoms with E-state index in [0.717, 1.165) is 24.4 Å². The lowest BCUT2D eigenvalue weighted by molar-refractivity contribution is -0.126. The average Bonchev–Trinajstić information content (AvgIpc) is 3.01. The van der Waals surface area contributed by atoms with Crippen molar-refractivity contribution >= 4 is 17.5 Å². The third kappa shape index (κ3) is 2.63. The molecule has 0 saturated heterocycles. The Labute approximate surface area is 134 Å². The van der Waals surface area contributed by atoms with Gasteiger partial charge in [-0.1, -0.05) is 18.2 Å². The summed E-state index contributed by atoms with van der Waals surface area (Å²) in [6.45, 7) is 1.09. The summed E-state index contributed by atoms with van der Waals surface area (Å²) in [5.41, 5.74) is 2.21. The van der Waals surface area contributed by atoms with Crippen molar-refractivity contribution in [3.05, 3.63) is 54.0 Å². The lowest BCUT2D eigenvalue weighted by Crippen LogP contribution is -2.33. The predicted octanol–water partition coefficient (Wildman–Crippen LogP) is 2.12. The zero-order chi connectivity index (χ0) is 15.8. The molecule has 2 aromatic rings. The highest BCUT2D eigenvalue weighted by atomic mass is 16.3. The van der Waals surface area contributed by atoms with Crippen molar-refractivity contribution in [2.45, 2.75) is 19.4 Å². The number of para-hydroxylation sites is 1. The molecule has 1 aliphatic heterocycles. The molecule has 118 valence electrons. The normalized spacial score (nSPS) is 21.8. The van der Waals surface area contributed by atoms with Crippen molar-refractivity contribution in [3.8, 4) is 0 Å². The van der Waals surface area contributed by atoms with E-state index in [9.17, 15) is 9.59 Å². The number of amides is 2. The summed E-state index contributed by atoms with van der Waals surface area (Å²) in [5.74, 6) is 0.346. The van der Waals surface area contributed by atoms with Gasteiger partial charge in [0.05, 0.1) is 24.6 Å². The molecule has 2 aliphatic rings. The summed E-state index contributed by atoms with van der Waals surface area (Å²) in [5, 5.41) is 2.84. The molecule has 0 radical (unpaired) electrons. The molecule has 23 heavy (non-hydrogen) atoms. The SMILES string of the molecule is O=C(NCc1ccco1)C1CC1C(=O)N1CCc2ccccc21. The number of furan rings is 1. The number of rotatable bonds is 4. The van der Waals surface area contributed by atoms with E-state index in [1.807, 2.05) is 29.2 Å². The summed E-state index contributed by atoms with van der Waals surface area (Å²) in [6.07, 6.45) is 3.11. The number of nitrogens with zero attached hydrogens (tertiary/aromatic N) is 1. The first-order chi connectivity index (χ1) is 11.2. The standard InChI is InChI=1S/C18H18N2O3/c21-17(19-11-13-5-3-9-23-13)14-10-15(14)18(22)20-8-7-12-4-1-2-6-16(12)20/h1-6,9,14-15H,7-8,10-11H2,(H,19,21). The fourth-order valence-electron chi connectivity index (χ4n) is 3.24. The van der Waals surface area contributed by atoms with E-state index in [2.05, 4.69) is 11.4 Å². The van der Waals surface area contributed by atoms with E-state index >= 15 is 0 Å². The van der Waals surface area contributed by atoms with Gasteiger partial charge in [-0.3, -0.25) is 9.59 Å². The Morgan fingerprint density at radius 3 is 2.87 bits per heavy atom. The minimum atomic E-state index is -0.203. The Bertz CT molecular complexity index is 738. The van der Waals surface area contributed by atoms with E-state index in [1.54, 1.807) is 12.3 Å². The van der Waals surface area contributed by atoms with Crippen molar-refractivity contribution in [3.63, 3.8) is 0 Å². The number of nitrogens with one attached hydrogen (secondary N) is 1. The molecule has 2 amide bonds. The van der Waals surface area contributed by atoms with Gasteiger partial charge in [-0.05, 0) is 36.6 Å². The van der Waals surface area contributed by atoms with E-state index in [1.165, 1.54) is 5.56 Å². The molecule has 1 aliphatic carbocycles. The zero-order valence-electron chi connectivity index (χ0n) is 12.7. The van der Waals surface area contributed by atoms with Crippen LogP contribution in [0.3, 0.4) is 0 Å². The van der Waals surface area contributed by atoms with E-state index in [-0.39, 0.29) is 23.7 Å². The first-order valence-electron chi connectivity index (χ1n) is 7.93. The molecule has 0 spiro atoms. The monoisotopic (exact) mass is 310 g/mol. The van der Waals surface area contributed by atoms with Gasteiger partial charge in [0.25, 0.3) is 0 Å². The molecule has 0 bridgehead atoms. The molecule has 1 aromatic heterocycles. The largest absolute Gasteiger partial charge is 0.467 e. The van der Waals surface area contributed by atoms with E-state index < -0.39 is 0 Å². The van der Waals surface area contributed by atoms with Crippen LogP contribution < -0.4 is 10.2 Å². The van der Waals surface area contributed by atoms with Gasteiger partial charge in [-0.15, -0.1) is 0 Å². The molecule has 1 fully saturated rings. The second kappa shape index (κ2) is 5.57. The van der Waals surface area contributed by atoms with Gasteiger partial charge in [0, 0.05) is 12.2 Å². The molecular formula is C18H18N2O3. The third-order valence-electron chi connectivity index (χ3n) is 4.61. The fourth-order valence-corrected chi connectivity index (χ4v) is 3.24. The van der Waals surface area contributed by atoms with Gasteiger partial charge in [0.15, 0.2) is 0 Å². The van der Waals surface area contributed by atoms with Gasteiger partial charge >= 0.3 is 0 Å². The smallest absolute Gasteiger partial charge is 0.230 e. The van der Waals surface area contributed by atoms with Crippen molar-refractivity contribution in [2.75, 3.05) is 11.4 Å². The lowest BCUT2D eigenvalue weighted by Gasteiger charge is -2.17. The highest BCUT2D eigenvalue weighted by molar-refractivity contribution is 6.02. The molecule has 2 atom stereocenters. The van der Waals surface area contributed by atoms with Crippen molar-refractivity contribution < 1.29 is 14.0 Å². The van der Waals surface area contributed by atoms with Crippen LogP contribution in [0.2, 0.25) is 0 Å². The maximum atomic E-state index is 12.6. The summed E-state index contributed by atoms with van der Waals surface area (Å²) < 4.78 is 5.19. The van der Waals surface area contributed by atoms with Gasteiger partial charge in [0.2, 0.25) is 11.8 Å². The summed E-state index contributed by atoms with van der Waals surface area (Å²) in [4.78, 5) is 26.6. The second-order valence-electron chi connectivity index (χ2n) is 6.11. The number of benzene rings is 1. The first-order valence-corrected chi connectivity index (χ1v) is 7.93. The quantitative estimate of drug-likeness (QED) is 0.941. The van der Waals surface area contributed by atoms with Crippen LogP contribution in [0.25, 0.3) is 0 Å². The van der Waals surface area contributed by atoms with Gasteiger partial charge in [-0.25, -0.2) is 0 Å². The summed E-state index contributed by atoms with van der Waals surface area (Å²) >= 11 is 0. The minimum absolute atomic E-state index is 0.0627. The number of hydrogen-bond acceptors (Lipinski definition) is 3. The van der Waals surface area contributed by atoms with E-state index in [0.29, 0.717) is 13.0 Å². The van der Waals surface area contributed by atoms with Crippen LogP contribution in [0.5, 0.6) is 0 Å². The number of carbonyl (C=O) groups excluding carboxylic acids is 2. The van der Waals surface area contributed by atoms with Crippen LogP contribution >= 0.6 is 0 Å². The topological polar surface area (TPSA) is 62.6 Å².